The Morgan fingerprint density at radius 1 is 1.06 bits per heavy atom. The van der Waals surface area contributed by atoms with Crippen LogP contribution < -0.4 is 15.5 Å². The predicted molar refractivity (Wildman–Crippen MR) is 137 cm³/mol. The Morgan fingerprint density at radius 3 is 2.41 bits per heavy atom. The van der Waals surface area contributed by atoms with E-state index < -0.39 is 0 Å². The average Bonchev–Trinajstić information content (AvgIpc) is 3.26. The van der Waals surface area contributed by atoms with Gasteiger partial charge in [0.15, 0.2) is 11.4 Å². The number of pyridine rings is 1. The molecule has 1 aromatic carbocycles. The van der Waals surface area contributed by atoms with Crippen LogP contribution in [0.2, 0.25) is 0 Å². The average molecular weight is 458 g/mol. The fraction of sp³-hybridized carbons (Fsp3) is 0.385. The summed E-state index contributed by atoms with van der Waals surface area (Å²) in [6.45, 7) is 13.9. The number of carbonyl (C=O) groups excluding carboxylic acids is 1. The molecule has 3 aromatic heterocycles. The molecule has 4 heterocycles. The smallest absolute Gasteiger partial charge is 0.229 e. The largest absolute Gasteiger partial charge is 0.369 e. The fourth-order valence-electron chi connectivity index (χ4n) is 4.49. The number of ketones is 1. The number of Topliss-reactive ketones (excluding diaryl/α,β-unsaturated/α-hetero) is 1. The van der Waals surface area contributed by atoms with E-state index in [-0.39, 0.29) is 11.2 Å². The molecule has 176 valence electrons. The summed E-state index contributed by atoms with van der Waals surface area (Å²) < 4.78 is 1.93. The van der Waals surface area contributed by atoms with E-state index in [4.69, 9.17) is 9.97 Å². The van der Waals surface area contributed by atoms with Crippen LogP contribution in [-0.2, 0) is 5.41 Å². The second-order valence-corrected chi connectivity index (χ2v) is 9.97. The van der Waals surface area contributed by atoms with Gasteiger partial charge in [0, 0.05) is 60.7 Å². The molecule has 8 nitrogen and oxygen atoms in total. The maximum atomic E-state index is 12.5. The van der Waals surface area contributed by atoms with E-state index in [0.717, 1.165) is 54.2 Å². The highest BCUT2D eigenvalue weighted by Gasteiger charge is 2.23. The van der Waals surface area contributed by atoms with Crippen LogP contribution in [0.5, 0.6) is 0 Å². The Balaban J connectivity index is 1.54. The standard InChI is InChI=1S/C26H31N7O/c1-16-20-14-28-25(29-18-6-8-19(9-7-18)32-12-10-27-11-13-32)31-23(20)33-15-21(26(3,4)5)30-24(33)22(16)17(2)34/h6-9,14-15,27H,10-13H2,1-5H3,(H,28,29,31). The highest BCUT2D eigenvalue weighted by Crippen LogP contribution is 2.30. The van der Waals surface area contributed by atoms with E-state index in [1.165, 1.54) is 5.69 Å². The lowest BCUT2D eigenvalue weighted by Crippen LogP contribution is -2.43. The van der Waals surface area contributed by atoms with Crippen LogP contribution in [0.3, 0.4) is 0 Å². The molecule has 1 aliphatic rings. The quantitative estimate of drug-likeness (QED) is 0.443. The molecule has 0 radical (unpaired) electrons. The number of fused-ring (bicyclic) bond motifs is 3. The van der Waals surface area contributed by atoms with Crippen molar-refractivity contribution >= 4 is 39.8 Å². The second-order valence-electron chi connectivity index (χ2n) is 9.97. The minimum Gasteiger partial charge on any atom is -0.369 e. The van der Waals surface area contributed by atoms with Gasteiger partial charge >= 0.3 is 0 Å². The molecule has 4 aromatic rings. The Labute approximate surface area is 199 Å². The Hall–Kier alpha value is -3.52. The minimum atomic E-state index is -0.152. The lowest BCUT2D eigenvalue weighted by atomic mass is 9.93. The molecule has 1 fully saturated rings. The second kappa shape index (κ2) is 8.36. The van der Waals surface area contributed by atoms with Crippen molar-refractivity contribution in [1.82, 2.24) is 24.7 Å². The van der Waals surface area contributed by atoms with Crippen LogP contribution in [0, 0.1) is 6.92 Å². The molecular formula is C26H31N7O. The van der Waals surface area contributed by atoms with Crippen molar-refractivity contribution in [3.63, 3.8) is 0 Å². The SMILES string of the molecule is CC(=O)c1c(C)c2cnc(Nc3ccc(N4CCNCC4)cc3)nc2n2cc(C(C)(C)C)nc12. The first kappa shape index (κ1) is 22.3. The topological polar surface area (TPSA) is 87.5 Å². The van der Waals surface area contributed by atoms with E-state index in [2.05, 4.69) is 65.6 Å². The maximum absolute atomic E-state index is 12.5. The van der Waals surface area contributed by atoms with Crippen molar-refractivity contribution in [3.8, 4) is 0 Å². The van der Waals surface area contributed by atoms with Crippen molar-refractivity contribution in [3.05, 3.63) is 53.5 Å². The number of carbonyl (C=O) groups is 1. The molecule has 5 rings (SSSR count). The van der Waals surface area contributed by atoms with E-state index in [9.17, 15) is 4.79 Å². The van der Waals surface area contributed by atoms with Crippen molar-refractivity contribution in [2.75, 3.05) is 36.4 Å². The van der Waals surface area contributed by atoms with Gasteiger partial charge in [0.05, 0.1) is 11.3 Å². The number of nitrogens with zero attached hydrogens (tertiary/aromatic N) is 5. The molecule has 0 aliphatic carbocycles. The molecule has 0 saturated carbocycles. The van der Waals surface area contributed by atoms with Gasteiger partial charge in [-0.15, -0.1) is 0 Å². The highest BCUT2D eigenvalue weighted by molar-refractivity contribution is 6.05. The lowest BCUT2D eigenvalue weighted by molar-refractivity contribution is 0.101. The van der Waals surface area contributed by atoms with Gasteiger partial charge in [-0.25, -0.2) is 9.97 Å². The van der Waals surface area contributed by atoms with Crippen molar-refractivity contribution < 1.29 is 4.79 Å². The van der Waals surface area contributed by atoms with Gasteiger partial charge in [-0.05, 0) is 43.7 Å². The first-order valence-electron chi connectivity index (χ1n) is 11.7. The molecule has 0 unspecified atom stereocenters. The van der Waals surface area contributed by atoms with Crippen molar-refractivity contribution in [1.29, 1.82) is 0 Å². The zero-order valence-corrected chi connectivity index (χ0v) is 20.4. The lowest BCUT2D eigenvalue weighted by Gasteiger charge is -2.29. The van der Waals surface area contributed by atoms with E-state index in [0.29, 0.717) is 17.2 Å². The number of piperazine rings is 1. The van der Waals surface area contributed by atoms with E-state index in [1.807, 2.05) is 17.5 Å². The summed E-state index contributed by atoms with van der Waals surface area (Å²) in [5.74, 6) is 0.493. The van der Waals surface area contributed by atoms with Gasteiger partial charge in [0.1, 0.15) is 5.65 Å². The van der Waals surface area contributed by atoms with E-state index >= 15 is 0 Å². The van der Waals surface area contributed by atoms with Crippen LogP contribution in [-0.4, -0.2) is 51.3 Å². The Morgan fingerprint density at radius 2 is 1.76 bits per heavy atom. The zero-order chi connectivity index (χ0) is 24.0. The Bertz CT molecular complexity index is 1380. The molecule has 0 amide bonds. The molecule has 0 atom stereocenters. The van der Waals surface area contributed by atoms with Crippen LogP contribution in [0.15, 0.2) is 36.7 Å². The van der Waals surface area contributed by atoms with Gasteiger partial charge in [0.25, 0.3) is 0 Å². The number of rotatable bonds is 4. The molecule has 0 bridgehead atoms. The van der Waals surface area contributed by atoms with Gasteiger partial charge in [-0.1, -0.05) is 20.8 Å². The number of aryl methyl sites for hydroxylation is 1. The molecule has 8 heteroatoms. The zero-order valence-electron chi connectivity index (χ0n) is 20.4. The number of nitrogens with one attached hydrogen (secondary N) is 2. The number of hydrogen-bond donors (Lipinski definition) is 2. The van der Waals surface area contributed by atoms with Gasteiger partial charge < -0.3 is 15.5 Å². The molecule has 34 heavy (non-hydrogen) atoms. The summed E-state index contributed by atoms with van der Waals surface area (Å²) in [6, 6.07) is 8.36. The summed E-state index contributed by atoms with van der Waals surface area (Å²) in [5, 5.41) is 7.56. The van der Waals surface area contributed by atoms with Crippen LogP contribution in [0.25, 0.3) is 16.7 Å². The molecule has 1 saturated heterocycles. The van der Waals surface area contributed by atoms with Crippen LogP contribution in [0.4, 0.5) is 17.3 Å². The molecule has 0 spiro atoms. The normalized spacial score (nSPS) is 14.7. The molecule has 1 aliphatic heterocycles. The van der Waals surface area contributed by atoms with Crippen LogP contribution >= 0.6 is 0 Å². The molecular weight excluding hydrogens is 426 g/mol. The summed E-state index contributed by atoms with van der Waals surface area (Å²) in [4.78, 5) is 29.1. The summed E-state index contributed by atoms with van der Waals surface area (Å²) in [5.41, 5.74) is 5.76. The monoisotopic (exact) mass is 457 g/mol. The third-order valence-electron chi connectivity index (χ3n) is 6.43. The van der Waals surface area contributed by atoms with Gasteiger partial charge in [-0.3, -0.25) is 9.20 Å². The third kappa shape index (κ3) is 3.98. The number of anilines is 3. The minimum absolute atomic E-state index is 0.0118. The van der Waals surface area contributed by atoms with Crippen LogP contribution in [0.1, 0.15) is 49.3 Å². The number of imidazole rings is 1. The number of benzene rings is 1. The molecule has 2 N–H and O–H groups in total. The Kier molecular flexibility index (Phi) is 5.48. The highest BCUT2D eigenvalue weighted by atomic mass is 16.1. The first-order chi connectivity index (χ1) is 16.2. The maximum Gasteiger partial charge on any atom is 0.229 e. The summed E-state index contributed by atoms with van der Waals surface area (Å²) in [7, 11) is 0. The first-order valence-corrected chi connectivity index (χ1v) is 11.7. The predicted octanol–water partition coefficient (Wildman–Crippen LogP) is 4.24. The van der Waals surface area contributed by atoms with Gasteiger partial charge in [-0.2, -0.15) is 4.98 Å². The van der Waals surface area contributed by atoms with Crippen molar-refractivity contribution in [2.24, 2.45) is 0 Å². The number of aromatic nitrogens is 4. The van der Waals surface area contributed by atoms with E-state index in [1.54, 1.807) is 13.1 Å². The number of hydrogen-bond acceptors (Lipinski definition) is 7. The third-order valence-corrected chi connectivity index (χ3v) is 6.43. The van der Waals surface area contributed by atoms with Crippen molar-refractivity contribution in [2.45, 2.75) is 40.0 Å². The van der Waals surface area contributed by atoms with Gasteiger partial charge in [0.2, 0.25) is 5.95 Å². The summed E-state index contributed by atoms with van der Waals surface area (Å²) in [6.07, 6.45) is 3.78. The fourth-order valence-corrected chi connectivity index (χ4v) is 4.49. The summed E-state index contributed by atoms with van der Waals surface area (Å²) >= 11 is 0.